The topological polar surface area (TPSA) is 44.1 Å². The van der Waals surface area contributed by atoms with Crippen LogP contribution in [0, 0.1) is 0 Å². The zero-order chi connectivity index (χ0) is 17.5. The van der Waals surface area contributed by atoms with E-state index in [0.717, 1.165) is 42.9 Å². The highest BCUT2D eigenvalue weighted by molar-refractivity contribution is 5.94. The SMILES string of the molecule is CCOC(=O)c1c(-c2ccccc2)nc2n1CCCCCCCCC2. The maximum Gasteiger partial charge on any atom is 0.357 e. The van der Waals surface area contributed by atoms with Gasteiger partial charge in [-0.3, -0.25) is 0 Å². The molecule has 0 bridgehead atoms. The average molecular weight is 340 g/mol. The Hall–Kier alpha value is -2.10. The summed E-state index contributed by atoms with van der Waals surface area (Å²) in [5.74, 6) is 0.777. The van der Waals surface area contributed by atoms with Crippen LogP contribution < -0.4 is 0 Å². The monoisotopic (exact) mass is 340 g/mol. The fourth-order valence-corrected chi connectivity index (χ4v) is 3.57. The Morgan fingerprint density at radius 1 is 1.04 bits per heavy atom. The maximum absolute atomic E-state index is 12.7. The molecule has 134 valence electrons. The lowest BCUT2D eigenvalue weighted by Crippen LogP contribution is -2.15. The third-order valence-corrected chi connectivity index (χ3v) is 4.84. The van der Waals surface area contributed by atoms with E-state index in [-0.39, 0.29) is 5.97 Å². The van der Waals surface area contributed by atoms with Crippen LogP contribution in [-0.4, -0.2) is 22.1 Å². The fraction of sp³-hybridized carbons (Fsp3) is 0.524. The summed E-state index contributed by atoms with van der Waals surface area (Å²) in [5, 5.41) is 0. The smallest absolute Gasteiger partial charge is 0.357 e. The summed E-state index contributed by atoms with van der Waals surface area (Å²) in [7, 11) is 0. The first-order valence-corrected chi connectivity index (χ1v) is 9.63. The molecule has 0 aliphatic carbocycles. The van der Waals surface area contributed by atoms with E-state index in [4.69, 9.17) is 9.72 Å². The first-order chi connectivity index (χ1) is 12.3. The van der Waals surface area contributed by atoms with E-state index >= 15 is 0 Å². The van der Waals surface area contributed by atoms with Gasteiger partial charge in [-0.15, -0.1) is 0 Å². The van der Waals surface area contributed by atoms with Gasteiger partial charge < -0.3 is 9.30 Å². The number of benzene rings is 1. The molecule has 1 aliphatic heterocycles. The number of ether oxygens (including phenoxy) is 1. The van der Waals surface area contributed by atoms with E-state index in [0.29, 0.717) is 12.3 Å². The number of hydrogen-bond donors (Lipinski definition) is 0. The number of rotatable bonds is 3. The summed E-state index contributed by atoms with van der Waals surface area (Å²) in [6.45, 7) is 3.08. The molecular formula is C21H28N2O2. The molecule has 4 heteroatoms. The molecule has 2 aromatic rings. The third kappa shape index (κ3) is 4.30. The minimum atomic E-state index is -0.255. The first-order valence-electron chi connectivity index (χ1n) is 9.63. The van der Waals surface area contributed by atoms with Crippen molar-refractivity contribution in [3.05, 3.63) is 41.9 Å². The van der Waals surface area contributed by atoms with E-state index in [2.05, 4.69) is 4.57 Å². The Morgan fingerprint density at radius 3 is 2.44 bits per heavy atom. The van der Waals surface area contributed by atoms with Gasteiger partial charge in [-0.05, 0) is 19.8 Å². The van der Waals surface area contributed by atoms with Crippen LogP contribution in [0.2, 0.25) is 0 Å². The van der Waals surface area contributed by atoms with Crippen molar-refractivity contribution < 1.29 is 9.53 Å². The molecule has 0 radical (unpaired) electrons. The van der Waals surface area contributed by atoms with Crippen molar-refractivity contribution in [3.8, 4) is 11.3 Å². The highest BCUT2D eigenvalue weighted by Gasteiger charge is 2.24. The Kier molecular flexibility index (Phi) is 6.26. The maximum atomic E-state index is 12.7. The molecule has 1 aromatic carbocycles. The van der Waals surface area contributed by atoms with Crippen molar-refractivity contribution in [2.75, 3.05) is 6.61 Å². The van der Waals surface area contributed by atoms with Gasteiger partial charge in [0.05, 0.1) is 6.61 Å². The van der Waals surface area contributed by atoms with Gasteiger partial charge in [-0.25, -0.2) is 9.78 Å². The van der Waals surface area contributed by atoms with Gasteiger partial charge in [-0.2, -0.15) is 0 Å². The van der Waals surface area contributed by atoms with Crippen LogP contribution in [0.5, 0.6) is 0 Å². The summed E-state index contributed by atoms with van der Waals surface area (Å²) in [5.41, 5.74) is 2.38. The van der Waals surface area contributed by atoms with E-state index in [9.17, 15) is 4.79 Å². The molecule has 0 N–H and O–H groups in total. The van der Waals surface area contributed by atoms with Crippen molar-refractivity contribution in [2.45, 2.75) is 64.8 Å². The molecule has 0 fully saturated rings. The predicted octanol–water partition coefficient (Wildman–Crippen LogP) is 5.01. The second-order valence-corrected chi connectivity index (χ2v) is 6.69. The summed E-state index contributed by atoms with van der Waals surface area (Å²) in [4.78, 5) is 17.6. The second-order valence-electron chi connectivity index (χ2n) is 6.69. The van der Waals surface area contributed by atoms with Crippen LogP contribution >= 0.6 is 0 Å². The van der Waals surface area contributed by atoms with E-state index in [1.54, 1.807) is 0 Å². The van der Waals surface area contributed by atoms with Crippen molar-refractivity contribution in [3.63, 3.8) is 0 Å². The molecular weight excluding hydrogens is 312 g/mol. The lowest BCUT2D eigenvalue weighted by atomic mass is 10.1. The van der Waals surface area contributed by atoms with Gasteiger partial charge in [-0.1, -0.05) is 62.4 Å². The number of aryl methyl sites for hydroxylation is 1. The van der Waals surface area contributed by atoms with E-state index in [1.165, 1.54) is 32.1 Å². The molecule has 0 saturated carbocycles. The molecule has 0 atom stereocenters. The standard InChI is InChI=1S/C21H28N2O2/c1-2-25-21(24)20-19(17-13-9-8-10-14-17)22-18-15-11-6-4-3-5-7-12-16-23(18)20/h8-10,13-14H,2-7,11-12,15-16H2,1H3. The number of imidazole rings is 1. The van der Waals surface area contributed by atoms with Crippen molar-refractivity contribution in [1.29, 1.82) is 0 Å². The van der Waals surface area contributed by atoms with Crippen LogP contribution in [0.1, 0.15) is 68.2 Å². The van der Waals surface area contributed by atoms with E-state index < -0.39 is 0 Å². The molecule has 0 unspecified atom stereocenters. The Morgan fingerprint density at radius 2 is 1.72 bits per heavy atom. The Balaban J connectivity index is 2.04. The average Bonchev–Trinajstić information content (AvgIpc) is 2.97. The summed E-state index contributed by atoms with van der Waals surface area (Å²) in [6, 6.07) is 9.99. The number of esters is 1. The van der Waals surface area contributed by atoms with Crippen molar-refractivity contribution in [2.24, 2.45) is 0 Å². The van der Waals surface area contributed by atoms with Gasteiger partial charge in [0.25, 0.3) is 0 Å². The van der Waals surface area contributed by atoms with Crippen molar-refractivity contribution in [1.82, 2.24) is 9.55 Å². The second kappa shape index (κ2) is 8.84. The van der Waals surface area contributed by atoms with Gasteiger partial charge in [0.15, 0.2) is 5.69 Å². The molecule has 1 aliphatic rings. The minimum absolute atomic E-state index is 0.255. The minimum Gasteiger partial charge on any atom is -0.461 e. The predicted molar refractivity (Wildman–Crippen MR) is 99.6 cm³/mol. The van der Waals surface area contributed by atoms with Gasteiger partial charge in [0.2, 0.25) is 0 Å². The Bertz CT molecular complexity index is 691. The number of hydrogen-bond acceptors (Lipinski definition) is 3. The summed E-state index contributed by atoms with van der Waals surface area (Å²) < 4.78 is 7.50. The van der Waals surface area contributed by atoms with Crippen LogP contribution in [0.4, 0.5) is 0 Å². The number of aromatic nitrogens is 2. The van der Waals surface area contributed by atoms with Crippen LogP contribution in [-0.2, 0) is 17.7 Å². The number of fused-ring (bicyclic) bond motifs is 1. The van der Waals surface area contributed by atoms with Crippen LogP contribution in [0.25, 0.3) is 11.3 Å². The third-order valence-electron chi connectivity index (χ3n) is 4.84. The molecule has 25 heavy (non-hydrogen) atoms. The van der Waals surface area contributed by atoms with Gasteiger partial charge >= 0.3 is 5.97 Å². The summed E-state index contributed by atoms with van der Waals surface area (Å²) >= 11 is 0. The molecule has 3 rings (SSSR count). The summed E-state index contributed by atoms with van der Waals surface area (Å²) in [6.07, 6.45) is 9.50. The zero-order valence-electron chi connectivity index (χ0n) is 15.2. The largest absolute Gasteiger partial charge is 0.461 e. The Labute approximate surface area is 150 Å². The highest BCUT2D eigenvalue weighted by atomic mass is 16.5. The number of carbonyl (C=O) groups excluding carboxylic acids is 1. The molecule has 2 heterocycles. The highest BCUT2D eigenvalue weighted by Crippen LogP contribution is 2.27. The molecule has 4 nitrogen and oxygen atoms in total. The van der Waals surface area contributed by atoms with Crippen LogP contribution in [0.15, 0.2) is 30.3 Å². The quantitative estimate of drug-likeness (QED) is 0.737. The molecule has 0 amide bonds. The molecule has 0 saturated heterocycles. The van der Waals surface area contributed by atoms with Crippen molar-refractivity contribution >= 4 is 5.97 Å². The van der Waals surface area contributed by atoms with E-state index in [1.807, 2.05) is 37.3 Å². The van der Waals surface area contributed by atoms with Crippen LogP contribution in [0.3, 0.4) is 0 Å². The molecule has 1 aromatic heterocycles. The lowest BCUT2D eigenvalue weighted by Gasteiger charge is -2.11. The molecule has 0 spiro atoms. The zero-order valence-corrected chi connectivity index (χ0v) is 15.2. The number of nitrogens with zero attached hydrogens (tertiary/aromatic N) is 2. The fourth-order valence-electron chi connectivity index (χ4n) is 3.57. The number of carbonyl (C=O) groups is 1. The first kappa shape index (κ1) is 17.7. The van der Waals surface area contributed by atoms with Gasteiger partial charge in [0.1, 0.15) is 11.5 Å². The lowest BCUT2D eigenvalue weighted by molar-refractivity contribution is 0.0514. The van der Waals surface area contributed by atoms with Gasteiger partial charge in [0, 0.05) is 18.5 Å². The normalized spacial score (nSPS) is 15.9.